The lowest BCUT2D eigenvalue weighted by Gasteiger charge is -2.11. The van der Waals surface area contributed by atoms with Gasteiger partial charge in [0.1, 0.15) is 0 Å². The largest absolute Gasteiger partial charge is 0.392 e. The van der Waals surface area contributed by atoms with E-state index in [9.17, 15) is 52.8 Å². The number of aryl methyl sites for hydroxylation is 14. The van der Waals surface area contributed by atoms with E-state index in [2.05, 4.69) is 101 Å². The molecule has 10 aromatic heterocycles. The molecule has 0 atom stereocenters. The Bertz CT molecular complexity index is 5730. The topological polar surface area (TPSA) is 390 Å². The summed E-state index contributed by atoms with van der Waals surface area (Å²) in [6.07, 6.45) is 10.5. The molecule has 0 aliphatic rings. The number of hydrogen-bond acceptors (Lipinski definition) is 18. The van der Waals surface area contributed by atoms with Gasteiger partial charge in [-0.1, -0.05) is 0 Å². The van der Waals surface area contributed by atoms with Crippen molar-refractivity contribution >= 4 is 63.7 Å². The summed E-state index contributed by atoms with van der Waals surface area (Å²) < 4.78 is 96.7. The standard InChI is InChI=1S/C11H20N2O2S.C10H18N2O2S.C10H18N2.C9H16N2.C9H13NO3S.C9H13NO.C8H13NO3S.C8H13NO.2C8H11NO/c1-8-9(2)13(16(6,14)15)10(3)11(8)7-12(4)5;1-7-8(2)12(15(5,13)14)9(3)10(7)6-11-4;1-7-8(2)11-9(3)10(7)6-12(4)5;1-6-7(2)11-8(3)9(6)5-10-4;1-6-5-10(14(4,12)13)7(2)9(6)8(3)11;1-5-6(2)10-7(3)9(5)8(4)11;1-6-4-9(13(3,11)12)7(2)8(6)5-10;2*1-5-6(2)9-7(3)8(5)4-10;1-5-4-9-6(2)8(5)7(3)10/h7H2,1-6H3;11H,6H2,1-5H3;11H,6H2,1-5H3;10-11H,5H2,1-4H3;5H,1-4H3;10H,1-4H3;4,10H,5H2,1-3H3;9-10H,4H2,1-3H3;2*4,9H,1-3H3. The molecule has 0 amide bonds. The van der Waals surface area contributed by atoms with E-state index < -0.39 is 40.1 Å². The van der Waals surface area contributed by atoms with Crippen LogP contribution in [0.1, 0.15) is 248 Å². The fraction of sp³-hybridized carbons (Fsp3) is 0.511. The average molecular weight is 1780 g/mol. The maximum absolute atomic E-state index is 11.7. The van der Waals surface area contributed by atoms with Gasteiger partial charge in [0, 0.05) is 175 Å². The van der Waals surface area contributed by atoms with Crippen molar-refractivity contribution in [2.24, 2.45) is 0 Å². The van der Waals surface area contributed by atoms with Crippen LogP contribution in [0.4, 0.5) is 0 Å². The Labute approximate surface area is 729 Å². The van der Waals surface area contributed by atoms with Crippen molar-refractivity contribution in [2.45, 2.75) is 247 Å². The smallest absolute Gasteiger partial charge is 0.236 e. The number of H-pyrrole nitrogens is 6. The quantitative estimate of drug-likeness (QED) is 0.0282. The first-order valence-electron chi connectivity index (χ1n) is 40.0. The van der Waals surface area contributed by atoms with E-state index >= 15 is 0 Å². The molecule has 10 rings (SSSR count). The highest BCUT2D eigenvalue weighted by atomic mass is 32.2. The van der Waals surface area contributed by atoms with E-state index in [4.69, 9.17) is 10.2 Å². The monoisotopic (exact) mass is 1780 g/mol. The van der Waals surface area contributed by atoms with E-state index in [1.54, 1.807) is 41.5 Å². The van der Waals surface area contributed by atoms with Crippen LogP contribution in [0.3, 0.4) is 0 Å². The van der Waals surface area contributed by atoms with Gasteiger partial charge in [0.2, 0.25) is 40.1 Å². The SMILES string of the molecule is CC(=O)c1c(C)[nH]c(C)c1C.CC(=O)c1c(C)c[nH]c1C.CC(=O)c1c(C)cn(S(C)(=O)=O)c1C.CNCc1c(C)[nH]c(C)c1C.CNCc1c(C)c(C)n(S(C)(=O)=O)c1C.Cc1[nH]c(C)c(C=O)c1C.Cc1[nH]c(C)c(CN(C)C)c1C.Cc1[nH]c(C)c(CO)c1C.Cc1c(CN(C)C)c(C)n(S(C)(=O)=O)c1C.Cc1cn(S(C)(=O)=O)c(C)c1CO. The number of carbonyl (C=O) groups is 4. The van der Waals surface area contributed by atoms with Crippen LogP contribution in [-0.4, -0.2) is 190 Å². The van der Waals surface area contributed by atoms with Crippen molar-refractivity contribution in [3.8, 4) is 0 Å². The van der Waals surface area contributed by atoms with Crippen LogP contribution in [-0.2, 0) is 79.5 Å². The van der Waals surface area contributed by atoms with Gasteiger partial charge in [-0.2, -0.15) is 0 Å². The van der Waals surface area contributed by atoms with Crippen LogP contribution >= 0.6 is 0 Å². The molecule has 0 saturated heterocycles. The number of aldehydes is 1. The molecule has 0 radical (unpaired) electrons. The van der Waals surface area contributed by atoms with Crippen molar-refractivity contribution in [3.05, 3.63) is 227 Å². The van der Waals surface area contributed by atoms with Crippen LogP contribution in [0.25, 0.3) is 0 Å². The van der Waals surface area contributed by atoms with Gasteiger partial charge >= 0.3 is 0 Å². The number of hydrogen-bond donors (Lipinski definition) is 10. The highest BCUT2D eigenvalue weighted by Gasteiger charge is 2.24. The minimum Gasteiger partial charge on any atom is -0.392 e. The maximum Gasteiger partial charge on any atom is 0.236 e. The van der Waals surface area contributed by atoms with Gasteiger partial charge in [0.05, 0.1) is 38.2 Å². The first-order valence-corrected chi connectivity index (χ1v) is 47.4. The Morgan fingerprint density at radius 1 is 0.352 bits per heavy atom. The molecule has 28 nitrogen and oxygen atoms in total. The third kappa shape index (κ3) is 29.9. The fourth-order valence-electron chi connectivity index (χ4n) is 14.8. The molecule has 0 fully saturated rings. The number of nitrogens with one attached hydrogen (secondary N) is 8. The predicted octanol–water partition coefficient (Wildman–Crippen LogP) is 14.6. The Morgan fingerprint density at radius 2 is 0.689 bits per heavy atom. The van der Waals surface area contributed by atoms with Crippen molar-refractivity contribution in [2.75, 3.05) is 67.3 Å². The Morgan fingerprint density at radius 3 is 0.926 bits per heavy atom. The molecule has 684 valence electrons. The molecule has 0 aromatic carbocycles. The molecular formula is C90H146N14O14S4. The molecule has 10 aromatic rings. The summed E-state index contributed by atoms with van der Waals surface area (Å²) in [6.45, 7) is 60.6. The first-order chi connectivity index (χ1) is 55.8. The number of aliphatic hydroxyl groups is 2. The van der Waals surface area contributed by atoms with Crippen LogP contribution < -0.4 is 10.6 Å². The summed E-state index contributed by atoms with van der Waals surface area (Å²) in [5, 5.41) is 24.1. The molecule has 0 aliphatic carbocycles. The molecule has 10 heterocycles. The number of aliphatic hydroxyl groups excluding tert-OH is 2. The second-order valence-electron chi connectivity index (χ2n) is 32.2. The highest BCUT2D eigenvalue weighted by Crippen LogP contribution is 2.27. The van der Waals surface area contributed by atoms with Gasteiger partial charge in [0.15, 0.2) is 23.6 Å². The normalized spacial score (nSPS) is 11.2. The van der Waals surface area contributed by atoms with Gasteiger partial charge in [-0.15, -0.1) is 0 Å². The molecular weight excluding hydrogens is 1630 g/mol. The Kier molecular flexibility index (Phi) is 43.0. The van der Waals surface area contributed by atoms with Gasteiger partial charge in [-0.25, -0.2) is 49.6 Å². The number of carbonyl (C=O) groups excluding carboxylic acids is 4. The van der Waals surface area contributed by atoms with Crippen molar-refractivity contribution in [1.82, 2.24) is 66.2 Å². The number of nitrogens with zero attached hydrogens (tertiary/aromatic N) is 6. The third-order valence-electron chi connectivity index (χ3n) is 21.8. The van der Waals surface area contributed by atoms with Crippen LogP contribution in [0.2, 0.25) is 0 Å². The Balaban J connectivity index is 0.000000680. The van der Waals surface area contributed by atoms with Crippen LogP contribution in [0.15, 0.2) is 18.6 Å². The summed E-state index contributed by atoms with van der Waals surface area (Å²) in [7, 11) is -0.963. The second-order valence-corrected chi connectivity index (χ2v) is 39.6. The highest BCUT2D eigenvalue weighted by molar-refractivity contribution is 7.90. The van der Waals surface area contributed by atoms with E-state index in [1.165, 1.54) is 94.3 Å². The number of Topliss-reactive ketones (excluding diaryl/α,β-unsaturated/α-hetero) is 3. The minimum atomic E-state index is -3.30. The predicted molar refractivity (Wildman–Crippen MR) is 499 cm³/mol. The zero-order valence-corrected chi connectivity index (χ0v) is 83.9. The van der Waals surface area contributed by atoms with Gasteiger partial charge in [-0.3, -0.25) is 19.2 Å². The molecule has 0 aliphatic heterocycles. The molecule has 0 spiro atoms. The number of rotatable bonds is 18. The van der Waals surface area contributed by atoms with E-state index in [0.29, 0.717) is 34.6 Å². The van der Waals surface area contributed by atoms with Gasteiger partial charge < -0.3 is 60.6 Å². The summed E-state index contributed by atoms with van der Waals surface area (Å²) in [4.78, 5) is 67.0. The lowest BCUT2D eigenvalue weighted by Crippen LogP contribution is -2.15. The molecule has 0 unspecified atom stereocenters. The molecule has 0 saturated carbocycles. The van der Waals surface area contributed by atoms with Crippen LogP contribution in [0.5, 0.6) is 0 Å². The first kappa shape index (κ1) is 111. The fourth-order valence-corrected chi connectivity index (χ4v) is 19.2. The van der Waals surface area contributed by atoms with E-state index in [-0.39, 0.29) is 30.6 Å². The zero-order valence-electron chi connectivity index (χ0n) is 80.7. The Hall–Kier alpha value is -8.96. The summed E-state index contributed by atoms with van der Waals surface area (Å²) >= 11 is 0. The molecule has 32 heteroatoms. The lowest BCUT2D eigenvalue weighted by atomic mass is 10.1. The molecule has 10 N–H and O–H groups in total. The van der Waals surface area contributed by atoms with Crippen LogP contribution in [0, 0.1) is 187 Å². The molecule has 0 bridgehead atoms. The summed E-state index contributed by atoms with van der Waals surface area (Å²) in [5.41, 5.74) is 37.3. The van der Waals surface area contributed by atoms with Crippen molar-refractivity contribution in [1.29, 1.82) is 0 Å². The average Bonchev–Trinajstić information content (AvgIpc) is 1.63. The number of aromatic nitrogens is 10. The van der Waals surface area contributed by atoms with E-state index in [1.807, 2.05) is 157 Å². The van der Waals surface area contributed by atoms with Gasteiger partial charge in [0.25, 0.3) is 0 Å². The molecule has 122 heavy (non-hydrogen) atoms. The third-order valence-corrected chi connectivity index (χ3v) is 26.4. The van der Waals surface area contributed by atoms with Crippen molar-refractivity contribution in [3.63, 3.8) is 0 Å². The van der Waals surface area contributed by atoms with Gasteiger partial charge in [-0.05, 0) is 328 Å². The summed E-state index contributed by atoms with van der Waals surface area (Å²) in [5.74, 6) is 0.169. The number of aromatic amines is 6. The second kappa shape index (κ2) is 47.2. The summed E-state index contributed by atoms with van der Waals surface area (Å²) in [6, 6.07) is 0. The zero-order chi connectivity index (χ0) is 95.3. The maximum atomic E-state index is 11.7. The lowest BCUT2D eigenvalue weighted by molar-refractivity contribution is 0.100. The minimum absolute atomic E-state index is 0.109. The van der Waals surface area contributed by atoms with Crippen molar-refractivity contribution < 1.29 is 63.1 Å². The number of ketones is 3. The van der Waals surface area contributed by atoms with E-state index in [0.717, 1.165) is 172 Å².